The van der Waals surface area contributed by atoms with Gasteiger partial charge in [0, 0.05) is 6.54 Å². The van der Waals surface area contributed by atoms with Crippen molar-refractivity contribution in [1.29, 1.82) is 0 Å². The molecule has 15 heavy (non-hydrogen) atoms. The fraction of sp³-hybridized carbons (Fsp3) is 0.909. The molecule has 90 valence electrons. The Balaban J connectivity index is 3.87. The van der Waals surface area contributed by atoms with Crippen LogP contribution in [0.1, 0.15) is 33.1 Å². The Kier molecular flexibility index (Phi) is 8.33. The molecular formula is C11H25N3O. The summed E-state index contributed by atoms with van der Waals surface area (Å²) in [5, 5.41) is 3.16. The zero-order valence-corrected chi connectivity index (χ0v) is 10.3. The number of nitrogens with zero attached hydrogens (tertiary/aromatic N) is 1. The molecule has 0 aromatic heterocycles. The number of amides is 1. The number of nitrogens with two attached hydrogens (primary N) is 1. The Morgan fingerprint density at radius 1 is 1.40 bits per heavy atom. The second-order valence-corrected chi connectivity index (χ2v) is 4.02. The molecule has 0 aromatic rings. The van der Waals surface area contributed by atoms with Crippen molar-refractivity contribution < 1.29 is 4.79 Å². The molecule has 0 bridgehead atoms. The summed E-state index contributed by atoms with van der Waals surface area (Å²) < 4.78 is 0. The molecule has 0 radical (unpaired) electrons. The van der Waals surface area contributed by atoms with Crippen LogP contribution in [0, 0.1) is 0 Å². The first-order valence-electron chi connectivity index (χ1n) is 5.83. The van der Waals surface area contributed by atoms with Gasteiger partial charge in [0.1, 0.15) is 0 Å². The number of carbonyl (C=O) groups excluding carboxylic acids is 1. The minimum Gasteiger partial charge on any atom is -0.368 e. The van der Waals surface area contributed by atoms with Crippen molar-refractivity contribution in [2.24, 2.45) is 5.73 Å². The van der Waals surface area contributed by atoms with Gasteiger partial charge in [0.15, 0.2) is 0 Å². The summed E-state index contributed by atoms with van der Waals surface area (Å²) in [6.07, 6.45) is 3.35. The second kappa shape index (κ2) is 8.68. The number of hydrogen-bond donors (Lipinski definition) is 2. The third kappa shape index (κ3) is 7.33. The minimum atomic E-state index is -0.258. The highest BCUT2D eigenvalue weighted by Gasteiger charge is 2.15. The van der Waals surface area contributed by atoms with E-state index < -0.39 is 0 Å². The van der Waals surface area contributed by atoms with Gasteiger partial charge < -0.3 is 16.0 Å². The van der Waals surface area contributed by atoms with Crippen molar-refractivity contribution in [2.75, 3.05) is 26.7 Å². The van der Waals surface area contributed by atoms with Crippen LogP contribution < -0.4 is 11.1 Å². The SMILES string of the molecule is CCCCN(C)CC(NCCC)C(N)=O. The van der Waals surface area contributed by atoms with Crippen LogP contribution >= 0.6 is 0 Å². The third-order valence-electron chi connectivity index (χ3n) is 2.37. The van der Waals surface area contributed by atoms with Crippen molar-refractivity contribution in [2.45, 2.75) is 39.2 Å². The van der Waals surface area contributed by atoms with Gasteiger partial charge in [0.2, 0.25) is 5.91 Å². The largest absolute Gasteiger partial charge is 0.368 e. The molecule has 0 fully saturated rings. The van der Waals surface area contributed by atoms with Gasteiger partial charge in [-0.25, -0.2) is 0 Å². The van der Waals surface area contributed by atoms with E-state index in [-0.39, 0.29) is 11.9 Å². The third-order valence-corrected chi connectivity index (χ3v) is 2.37. The van der Waals surface area contributed by atoms with Crippen LogP contribution in [0.25, 0.3) is 0 Å². The summed E-state index contributed by atoms with van der Waals surface area (Å²) in [7, 11) is 2.03. The van der Waals surface area contributed by atoms with E-state index >= 15 is 0 Å². The van der Waals surface area contributed by atoms with Gasteiger partial charge in [-0.15, -0.1) is 0 Å². The number of nitrogens with one attached hydrogen (secondary N) is 1. The maximum Gasteiger partial charge on any atom is 0.235 e. The highest BCUT2D eigenvalue weighted by Crippen LogP contribution is 1.94. The molecular weight excluding hydrogens is 190 g/mol. The summed E-state index contributed by atoms with van der Waals surface area (Å²) in [5.74, 6) is -0.258. The Hall–Kier alpha value is -0.610. The lowest BCUT2D eigenvalue weighted by Crippen LogP contribution is -2.48. The van der Waals surface area contributed by atoms with Crippen LogP contribution in [0.2, 0.25) is 0 Å². The van der Waals surface area contributed by atoms with E-state index in [1.165, 1.54) is 6.42 Å². The van der Waals surface area contributed by atoms with Crippen molar-refractivity contribution >= 4 is 5.91 Å². The highest BCUT2D eigenvalue weighted by atomic mass is 16.1. The number of primary amides is 1. The van der Waals surface area contributed by atoms with E-state index in [1.807, 2.05) is 7.05 Å². The van der Waals surface area contributed by atoms with Gasteiger partial charge in [-0.1, -0.05) is 20.3 Å². The summed E-state index contributed by atoms with van der Waals surface area (Å²) >= 11 is 0. The van der Waals surface area contributed by atoms with Gasteiger partial charge in [-0.05, 0) is 33.0 Å². The van der Waals surface area contributed by atoms with E-state index in [1.54, 1.807) is 0 Å². The van der Waals surface area contributed by atoms with E-state index in [4.69, 9.17) is 5.73 Å². The fourth-order valence-corrected chi connectivity index (χ4v) is 1.40. The molecule has 4 heteroatoms. The lowest BCUT2D eigenvalue weighted by atomic mass is 10.2. The first kappa shape index (κ1) is 14.4. The van der Waals surface area contributed by atoms with E-state index in [9.17, 15) is 4.79 Å². The average molecular weight is 215 g/mol. The second-order valence-electron chi connectivity index (χ2n) is 4.02. The van der Waals surface area contributed by atoms with E-state index in [2.05, 4.69) is 24.1 Å². The van der Waals surface area contributed by atoms with Crippen molar-refractivity contribution in [3.05, 3.63) is 0 Å². The molecule has 3 N–H and O–H groups in total. The maximum atomic E-state index is 11.1. The van der Waals surface area contributed by atoms with Gasteiger partial charge in [0.25, 0.3) is 0 Å². The number of rotatable bonds is 9. The zero-order chi connectivity index (χ0) is 11.7. The number of carbonyl (C=O) groups is 1. The molecule has 0 saturated carbocycles. The molecule has 1 unspecified atom stereocenters. The normalized spacial score (nSPS) is 13.1. The summed E-state index contributed by atoms with van der Waals surface area (Å²) in [5.41, 5.74) is 5.33. The molecule has 0 spiro atoms. The van der Waals surface area contributed by atoms with Crippen molar-refractivity contribution in [3.8, 4) is 0 Å². The topological polar surface area (TPSA) is 58.4 Å². The van der Waals surface area contributed by atoms with Gasteiger partial charge in [0.05, 0.1) is 6.04 Å². The van der Waals surface area contributed by atoms with Crippen LogP contribution in [0.4, 0.5) is 0 Å². The predicted molar refractivity (Wildman–Crippen MR) is 63.7 cm³/mol. The average Bonchev–Trinajstić information content (AvgIpc) is 2.20. The Labute approximate surface area is 93.2 Å². The van der Waals surface area contributed by atoms with Crippen LogP contribution in [0.3, 0.4) is 0 Å². The summed E-state index contributed by atoms with van der Waals surface area (Å²) in [6, 6.07) is -0.216. The molecule has 0 aliphatic rings. The quantitative estimate of drug-likeness (QED) is 0.591. The first-order valence-corrected chi connectivity index (χ1v) is 5.83. The van der Waals surface area contributed by atoms with Crippen LogP contribution in [-0.4, -0.2) is 43.5 Å². The highest BCUT2D eigenvalue weighted by molar-refractivity contribution is 5.80. The lowest BCUT2D eigenvalue weighted by molar-refractivity contribution is -0.120. The van der Waals surface area contributed by atoms with Gasteiger partial charge >= 0.3 is 0 Å². The van der Waals surface area contributed by atoms with Crippen molar-refractivity contribution in [1.82, 2.24) is 10.2 Å². The Bertz CT molecular complexity index is 173. The van der Waals surface area contributed by atoms with E-state index in [0.29, 0.717) is 6.54 Å². The van der Waals surface area contributed by atoms with Crippen LogP contribution in [-0.2, 0) is 4.79 Å². The zero-order valence-electron chi connectivity index (χ0n) is 10.3. The number of unbranched alkanes of at least 4 members (excludes halogenated alkanes) is 1. The molecule has 0 saturated heterocycles. The Morgan fingerprint density at radius 3 is 2.53 bits per heavy atom. The molecule has 0 rings (SSSR count). The standard InChI is InChI=1S/C11H25N3O/c1-4-6-8-14(3)9-10(11(12)15)13-7-5-2/h10,13H,4-9H2,1-3H3,(H2,12,15). The molecule has 0 heterocycles. The van der Waals surface area contributed by atoms with Crippen LogP contribution in [0.5, 0.6) is 0 Å². The van der Waals surface area contributed by atoms with Gasteiger partial charge in [-0.2, -0.15) is 0 Å². The monoisotopic (exact) mass is 215 g/mol. The molecule has 0 aromatic carbocycles. The van der Waals surface area contributed by atoms with Gasteiger partial charge in [-0.3, -0.25) is 4.79 Å². The van der Waals surface area contributed by atoms with Crippen LogP contribution in [0.15, 0.2) is 0 Å². The molecule has 1 amide bonds. The lowest BCUT2D eigenvalue weighted by Gasteiger charge is -2.22. The molecule has 0 aliphatic carbocycles. The fourth-order valence-electron chi connectivity index (χ4n) is 1.40. The minimum absolute atomic E-state index is 0.216. The predicted octanol–water partition coefficient (Wildman–Crippen LogP) is 0.572. The summed E-state index contributed by atoms with van der Waals surface area (Å²) in [4.78, 5) is 13.3. The number of likely N-dealkylation sites (N-methyl/N-ethyl adjacent to an activating group) is 1. The summed E-state index contributed by atoms with van der Waals surface area (Å²) in [6.45, 7) is 6.80. The maximum absolute atomic E-state index is 11.1. The van der Waals surface area contributed by atoms with E-state index in [0.717, 1.165) is 25.9 Å². The molecule has 1 atom stereocenters. The molecule has 4 nitrogen and oxygen atoms in total. The first-order chi connectivity index (χ1) is 7.11. The Morgan fingerprint density at radius 2 is 2.07 bits per heavy atom. The van der Waals surface area contributed by atoms with Crippen molar-refractivity contribution in [3.63, 3.8) is 0 Å². The number of hydrogen-bond acceptors (Lipinski definition) is 3. The smallest absolute Gasteiger partial charge is 0.235 e. The molecule has 0 aliphatic heterocycles.